The Morgan fingerprint density at radius 2 is 1.84 bits per heavy atom. The van der Waals surface area contributed by atoms with E-state index in [0.29, 0.717) is 36.4 Å². The molecular formula is C14H19NO4. The van der Waals surface area contributed by atoms with Crippen LogP contribution in [-0.2, 0) is 20.7 Å². The van der Waals surface area contributed by atoms with E-state index in [2.05, 4.69) is 0 Å². The maximum atomic E-state index is 11.8. The molecule has 0 heterocycles. The highest BCUT2D eigenvalue weighted by atomic mass is 16.5. The van der Waals surface area contributed by atoms with E-state index in [-0.39, 0.29) is 12.4 Å². The van der Waals surface area contributed by atoms with Crippen molar-refractivity contribution in [2.75, 3.05) is 18.9 Å². The van der Waals surface area contributed by atoms with E-state index < -0.39 is 5.97 Å². The summed E-state index contributed by atoms with van der Waals surface area (Å²) >= 11 is 0. The Bertz CT molecular complexity index is 457. The van der Waals surface area contributed by atoms with E-state index in [0.717, 1.165) is 0 Å². The highest BCUT2D eigenvalue weighted by Gasteiger charge is 2.14. The second kappa shape index (κ2) is 7.41. The third kappa shape index (κ3) is 4.62. The number of esters is 2. The van der Waals surface area contributed by atoms with Crippen molar-refractivity contribution in [1.29, 1.82) is 0 Å². The molecule has 0 saturated carbocycles. The Hall–Kier alpha value is -2.04. The summed E-state index contributed by atoms with van der Waals surface area (Å²) in [6, 6.07) is 4.94. The lowest BCUT2D eigenvalue weighted by molar-refractivity contribution is -0.143. The van der Waals surface area contributed by atoms with Crippen molar-refractivity contribution in [3.63, 3.8) is 0 Å². The topological polar surface area (TPSA) is 78.6 Å². The van der Waals surface area contributed by atoms with Crippen molar-refractivity contribution in [2.24, 2.45) is 0 Å². The van der Waals surface area contributed by atoms with E-state index >= 15 is 0 Å². The first-order valence-electron chi connectivity index (χ1n) is 6.29. The van der Waals surface area contributed by atoms with Crippen molar-refractivity contribution in [3.05, 3.63) is 29.3 Å². The standard InChI is InChI=1S/C14H19NO4/c1-3-18-13(16)8-5-10-9-11(15)6-7-12(10)14(17)19-4-2/h6-7,9H,3-5,8,15H2,1-2H3. The summed E-state index contributed by atoms with van der Waals surface area (Å²) in [5.41, 5.74) is 7.39. The van der Waals surface area contributed by atoms with Crippen molar-refractivity contribution >= 4 is 17.6 Å². The lowest BCUT2D eigenvalue weighted by atomic mass is 10.0. The van der Waals surface area contributed by atoms with Gasteiger partial charge in [0.1, 0.15) is 0 Å². The first-order valence-corrected chi connectivity index (χ1v) is 6.29. The largest absolute Gasteiger partial charge is 0.466 e. The Balaban J connectivity index is 2.82. The predicted octanol–water partition coefficient (Wildman–Crippen LogP) is 1.94. The fourth-order valence-corrected chi connectivity index (χ4v) is 1.70. The van der Waals surface area contributed by atoms with Crippen molar-refractivity contribution < 1.29 is 19.1 Å². The minimum atomic E-state index is -0.402. The highest BCUT2D eigenvalue weighted by molar-refractivity contribution is 5.91. The summed E-state index contributed by atoms with van der Waals surface area (Å²) < 4.78 is 9.82. The summed E-state index contributed by atoms with van der Waals surface area (Å²) in [6.45, 7) is 4.15. The van der Waals surface area contributed by atoms with Crippen LogP contribution in [0.4, 0.5) is 5.69 Å². The minimum absolute atomic E-state index is 0.212. The van der Waals surface area contributed by atoms with Crippen LogP contribution < -0.4 is 5.73 Å². The van der Waals surface area contributed by atoms with Crippen LogP contribution in [0, 0.1) is 0 Å². The number of benzene rings is 1. The Kier molecular flexibility index (Phi) is 5.85. The molecule has 0 bridgehead atoms. The molecule has 104 valence electrons. The monoisotopic (exact) mass is 265 g/mol. The van der Waals surface area contributed by atoms with Crippen LogP contribution in [0.5, 0.6) is 0 Å². The molecule has 1 aromatic rings. The number of anilines is 1. The number of hydrogen-bond donors (Lipinski definition) is 1. The third-order valence-electron chi connectivity index (χ3n) is 2.53. The van der Waals surface area contributed by atoms with Gasteiger partial charge in [-0.1, -0.05) is 0 Å². The molecule has 5 heteroatoms. The van der Waals surface area contributed by atoms with Gasteiger partial charge in [0.15, 0.2) is 0 Å². The molecule has 0 aliphatic heterocycles. The fourth-order valence-electron chi connectivity index (χ4n) is 1.70. The summed E-state index contributed by atoms with van der Waals surface area (Å²) in [4.78, 5) is 23.1. The van der Waals surface area contributed by atoms with Gasteiger partial charge in [-0.25, -0.2) is 4.79 Å². The molecule has 1 rings (SSSR count). The normalized spacial score (nSPS) is 10.0. The molecule has 0 atom stereocenters. The lowest BCUT2D eigenvalue weighted by Crippen LogP contribution is -2.11. The van der Waals surface area contributed by atoms with Gasteiger partial charge in [0.25, 0.3) is 0 Å². The molecule has 0 fully saturated rings. The van der Waals surface area contributed by atoms with Crippen molar-refractivity contribution in [3.8, 4) is 0 Å². The van der Waals surface area contributed by atoms with Gasteiger partial charge in [-0.15, -0.1) is 0 Å². The quantitative estimate of drug-likeness (QED) is 0.628. The SMILES string of the molecule is CCOC(=O)CCc1cc(N)ccc1C(=O)OCC. The lowest BCUT2D eigenvalue weighted by Gasteiger charge is -2.09. The van der Waals surface area contributed by atoms with E-state index in [9.17, 15) is 9.59 Å². The van der Waals surface area contributed by atoms with Crippen molar-refractivity contribution in [1.82, 2.24) is 0 Å². The first kappa shape index (κ1) is 15.0. The molecule has 0 saturated heterocycles. The highest BCUT2D eigenvalue weighted by Crippen LogP contribution is 2.17. The number of carbonyl (C=O) groups excluding carboxylic acids is 2. The van der Waals surface area contributed by atoms with Crippen LogP contribution >= 0.6 is 0 Å². The van der Waals surface area contributed by atoms with Gasteiger partial charge in [0, 0.05) is 12.1 Å². The number of rotatable bonds is 6. The molecule has 0 unspecified atom stereocenters. The molecule has 0 aliphatic rings. The van der Waals surface area contributed by atoms with Crippen LogP contribution in [0.25, 0.3) is 0 Å². The molecule has 0 aromatic heterocycles. The Morgan fingerprint density at radius 3 is 2.47 bits per heavy atom. The summed E-state index contributed by atoms with van der Waals surface area (Å²) in [5.74, 6) is -0.693. The average Bonchev–Trinajstić information content (AvgIpc) is 2.37. The number of hydrogen-bond acceptors (Lipinski definition) is 5. The van der Waals surface area contributed by atoms with Gasteiger partial charge in [-0.05, 0) is 44.0 Å². The molecule has 1 aromatic carbocycles. The molecular weight excluding hydrogens is 246 g/mol. The number of aryl methyl sites for hydroxylation is 1. The van der Waals surface area contributed by atoms with Gasteiger partial charge >= 0.3 is 11.9 Å². The van der Waals surface area contributed by atoms with E-state index in [1.54, 1.807) is 32.0 Å². The maximum absolute atomic E-state index is 11.8. The molecule has 0 radical (unpaired) electrons. The van der Waals surface area contributed by atoms with Gasteiger partial charge in [0.05, 0.1) is 18.8 Å². The van der Waals surface area contributed by atoms with E-state index in [4.69, 9.17) is 15.2 Å². The molecule has 0 aliphatic carbocycles. The zero-order chi connectivity index (χ0) is 14.3. The summed E-state index contributed by atoms with van der Waals surface area (Å²) in [5, 5.41) is 0. The van der Waals surface area contributed by atoms with E-state index in [1.165, 1.54) is 0 Å². The maximum Gasteiger partial charge on any atom is 0.338 e. The smallest absolute Gasteiger partial charge is 0.338 e. The third-order valence-corrected chi connectivity index (χ3v) is 2.53. The molecule has 19 heavy (non-hydrogen) atoms. The fraction of sp³-hybridized carbons (Fsp3) is 0.429. The second-order valence-corrected chi connectivity index (χ2v) is 3.94. The van der Waals surface area contributed by atoms with Crippen LogP contribution in [-0.4, -0.2) is 25.2 Å². The van der Waals surface area contributed by atoms with Gasteiger partial charge in [0.2, 0.25) is 0 Å². The van der Waals surface area contributed by atoms with E-state index in [1.807, 2.05) is 0 Å². The Morgan fingerprint density at radius 1 is 1.16 bits per heavy atom. The van der Waals surface area contributed by atoms with Crippen LogP contribution in [0.1, 0.15) is 36.2 Å². The van der Waals surface area contributed by atoms with Crippen LogP contribution in [0.3, 0.4) is 0 Å². The molecule has 0 amide bonds. The zero-order valence-corrected chi connectivity index (χ0v) is 11.3. The Labute approximate surface area is 112 Å². The number of nitrogens with two attached hydrogens (primary N) is 1. The number of nitrogen functional groups attached to an aromatic ring is 1. The number of ether oxygens (including phenoxy) is 2. The summed E-state index contributed by atoms with van der Waals surface area (Å²) in [7, 11) is 0. The van der Waals surface area contributed by atoms with Gasteiger partial charge < -0.3 is 15.2 Å². The minimum Gasteiger partial charge on any atom is -0.466 e. The molecule has 2 N–H and O–H groups in total. The molecule has 0 spiro atoms. The van der Waals surface area contributed by atoms with Gasteiger partial charge in [-0.3, -0.25) is 4.79 Å². The second-order valence-electron chi connectivity index (χ2n) is 3.94. The van der Waals surface area contributed by atoms with Gasteiger partial charge in [-0.2, -0.15) is 0 Å². The van der Waals surface area contributed by atoms with Crippen LogP contribution in [0.15, 0.2) is 18.2 Å². The van der Waals surface area contributed by atoms with Crippen molar-refractivity contribution in [2.45, 2.75) is 26.7 Å². The summed E-state index contributed by atoms with van der Waals surface area (Å²) in [6.07, 6.45) is 0.613. The van der Waals surface area contributed by atoms with Crippen LogP contribution in [0.2, 0.25) is 0 Å². The predicted molar refractivity (Wildman–Crippen MR) is 71.8 cm³/mol. The molecule has 5 nitrogen and oxygen atoms in total. The first-order chi connectivity index (χ1) is 9.08. The average molecular weight is 265 g/mol. The number of carbonyl (C=O) groups is 2. The zero-order valence-electron chi connectivity index (χ0n) is 11.3.